The summed E-state index contributed by atoms with van der Waals surface area (Å²) in [4.78, 5) is 74.4. The van der Waals surface area contributed by atoms with E-state index < -0.39 is 17.9 Å². The van der Waals surface area contributed by atoms with Gasteiger partial charge in [-0.2, -0.15) is 29.9 Å². The van der Waals surface area contributed by atoms with Crippen LogP contribution >= 0.6 is 34.8 Å². The van der Waals surface area contributed by atoms with Crippen molar-refractivity contribution in [3.05, 3.63) is 105 Å². The highest BCUT2D eigenvalue weighted by molar-refractivity contribution is 6.34. The normalized spacial score (nSPS) is 12.5. The lowest BCUT2D eigenvalue weighted by Crippen LogP contribution is -2.30. The van der Waals surface area contributed by atoms with Gasteiger partial charge in [-0.15, -0.1) is 0 Å². The maximum Gasteiger partial charge on any atom is 0.337 e. The monoisotopic (exact) mass is 1300 g/mol. The fraction of sp³-hybridized carbons (Fsp3) is 0.400. The zero-order valence-electron chi connectivity index (χ0n) is 51.7. The van der Waals surface area contributed by atoms with E-state index in [-0.39, 0.29) is 106 Å². The van der Waals surface area contributed by atoms with Crippen LogP contribution in [0.4, 0.5) is 52.4 Å². The fourth-order valence-corrected chi connectivity index (χ4v) is 9.60. The third-order valence-corrected chi connectivity index (χ3v) is 15.2. The van der Waals surface area contributed by atoms with Crippen LogP contribution in [-0.2, 0) is 0 Å². The molecule has 0 unspecified atom stereocenters. The molecule has 0 aliphatic heterocycles. The molecule has 3 aromatic carbocycles. The van der Waals surface area contributed by atoms with Crippen molar-refractivity contribution in [2.24, 2.45) is 17.8 Å². The molecule has 3 atom stereocenters. The molecule has 0 radical (unpaired) electrons. The van der Waals surface area contributed by atoms with Crippen LogP contribution < -0.4 is 31.9 Å². The summed E-state index contributed by atoms with van der Waals surface area (Å²) in [6.45, 7) is 24.0. The second-order valence-corrected chi connectivity index (χ2v) is 24.1. The van der Waals surface area contributed by atoms with E-state index in [2.05, 4.69) is 76.8 Å². The summed E-state index contributed by atoms with van der Waals surface area (Å²) in [7, 11) is 0. The number of aromatic nitrogens is 12. The van der Waals surface area contributed by atoms with E-state index >= 15 is 0 Å². The van der Waals surface area contributed by atoms with Crippen LogP contribution in [0.2, 0.25) is 15.1 Å². The van der Waals surface area contributed by atoms with Crippen LogP contribution in [0.5, 0.6) is 0 Å². The van der Waals surface area contributed by atoms with Crippen molar-refractivity contribution in [3.8, 4) is 0 Å². The first-order valence-corrected chi connectivity index (χ1v) is 30.0. The molecule has 90 heavy (non-hydrogen) atoms. The molecule has 0 aliphatic rings. The van der Waals surface area contributed by atoms with Gasteiger partial charge >= 0.3 is 17.9 Å². The van der Waals surface area contributed by atoms with Crippen molar-refractivity contribution >= 4 is 139 Å². The number of nitrogens with zero attached hydrogens (tertiary/aromatic N) is 12. The minimum atomic E-state index is -1.10. The lowest BCUT2D eigenvalue weighted by atomic mass is 10.1. The van der Waals surface area contributed by atoms with Gasteiger partial charge in [0.05, 0.1) is 88.7 Å². The number of nitrogens with one attached hydrogen (secondary N) is 6. The number of aromatic carboxylic acids is 3. The van der Waals surface area contributed by atoms with Gasteiger partial charge in [-0.3, -0.25) is 0 Å². The molecule has 0 saturated carbocycles. The van der Waals surface area contributed by atoms with Gasteiger partial charge < -0.3 is 76.2 Å². The third kappa shape index (κ3) is 16.6. The van der Waals surface area contributed by atoms with Gasteiger partial charge in [0, 0.05) is 35.2 Å². The number of halogens is 3. The van der Waals surface area contributed by atoms with E-state index in [0.29, 0.717) is 85.9 Å². The Morgan fingerprint density at radius 2 is 0.656 bits per heavy atom. The van der Waals surface area contributed by atoms with Crippen molar-refractivity contribution in [1.29, 1.82) is 0 Å². The molecule has 0 fully saturated rings. The molecule has 0 bridgehead atoms. The number of carbonyl (C=O) groups is 3. The van der Waals surface area contributed by atoms with E-state index in [0.717, 1.165) is 0 Å². The van der Waals surface area contributed by atoms with Crippen LogP contribution in [0.15, 0.2) is 73.6 Å². The lowest BCUT2D eigenvalue weighted by Gasteiger charge is -2.20. The second kappa shape index (κ2) is 30.2. The van der Waals surface area contributed by atoms with Crippen LogP contribution in [0.25, 0.3) is 33.5 Å². The third-order valence-electron chi connectivity index (χ3n) is 14.3. The SMILES string of the molecule is CC(C)[C@H](CO)Nc1nc(Nc2ccc(C(=O)O)c(Cl)c2)c2ncn(C(C)C)c2n1.CC(C)[C@H](CO)Nc1nc(Nc2ccc(C(=O)O)c(Cl)c2)c2ncn(C(C)C)c2n1.CC(C)[C@H](CO)Nc1nc(Nc2ccc(C(=O)O)c(Cl)c2)c2ncn(C(C)C)c2n1. The van der Waals surface area contributed by atoms with Crippen molar-refractivity contribution in [1.82, 2.24) is 58.6 Å². The first kappa shape index (κ1) is 68.8. The van der Waals surface area contributed by atoms with Crippen molar-refractivity contribution in [3.63, 3.8) is 0 Å². The Morgan fingerprint density at radius 3 is 0.844 bits per heavy atom. The molecule has 0 aliphatic carbocycles. The van der Waals surface area contributed by atoms with Crippen LogP contribution in [0.1, 0.15) is 132 Å². The summed E-state index contributed by atoms with van der Waals surface area (Å²) in [6.07, 6.45) is 5.10. The number of fused-ring (bicyclic) bond motifs is 3. The number of hydrogen-bond donors (Lipinski definition) is 12. The summed E-state index contributed by atoms with van der Waals surface area (Å²) < 4.78 is 5.78. The van der Waals surface area contributed by atoms with E-state index in [9.17, 15) is 29.7 Å². The molecule has 12 N–H and O–H groups in total. The molecule has 6 aromatic heterocycles. The van der Waals surface area contributed by atoms with Crippen molar-refractivity contribution < 1.29 is 45.0 Å². The van der Waals surface area contributed by atoms with Gasteiger partial charge in [-0.1, -0.05) is 76.3 Å². The Hall–Kier alpha value is -8.73. The molecular formula is C60H75Cl3N18O9. The van der Waals surface area contributed by atoms with Gasteiger partial charge in [0.2, 0.25) is 17.8 Å². The smallest absolute Gasteiger partial charge is 0.337 e. The molecule has 9 aromatic rings. The van der Waals surface area contributed by atoms with Gasteiger partial charge in [-0.05, 0) is 114 Å². The van der Waals surface area contributed by atoms with Crippen LogP contribution in [0, 0.1) is 17.8 Å². The molecule has 9 rings (SSSR count). The van der Waals surface area contributed by atoms with Crippen molar-refractivity contribution in [2.45, 2.75) is 119 Å². The van der Waals surface area contributed by atoms with Crippen molar-refractivity contribution in [2.75, 3.05) is 51.7 Å². The zero-order valence-corrected chi connectivity index (χ0v) is 53.9. The molecule has 6 heterocycles. The van der Waals surface area contributed by atoms with Gasteiger partial charge in [0.15, 0.2) is 50.9 Å². The average molecular weight is 1300 g/mol. The van der Waals surface area contributed by atoms with Gasteiger partial charge in [0.1, 0.15) is 0 Å². The highest BCUT2D eigenvalue weighted by atomic mass is 35.5. The molecule has 480 valence electrons. The number of aliphatic hydroxyl groups is 3. The minimum Gasteiger partial charge on any atom is -0.478 e. The van der Waals surface area contributed by atoms with Gasteiger partial charge in [-0.25, -0.2) is 29.3 Å². The number of anilines is 9. The van der Waals surface area contributed by atoms with Gasteiger partial charge in [0.25, 0.3) is 0 Å². The number of aliphatic hydroxyl groups excluding tert-OH is 3. The molecule has 30 heteroatoms. The van der Waals surface area contributed by atoms with E-state index in [4.69, 9.17) is 50.1 Å². The van der Waals surface area contributed by atoms with Crippen LogP contribution in [-0.4, -0.2) is 145 Å². The zero-order chi connectivity index (χ0) is 66.0. The number of rotatable bonds is 24. The number of carboxylic acid groups (broad SMARTS) is 3. The highest BCUT2D eigenvalue weighted by Gasteiger charge is 2.24. The Balaban J connectivity index is 0.000000192. The molecule has 0 saturated heterocycles. The Morgan fingerprint density at radius 1 is 0.411 bits per heavy atom. The maximum absolute atomic E-state index is 11.2. The van der Waals surface area contributed by atoms with E-state index in [1.54, 1.807) is 37.2 Å². The fourth-order valence-electron chi connectivity index (χ4n) is 8.81. The summed E-state index contributed by atoms with van der Waals surface area (Å²) in [5.74, 6) is -0.375. The number of carboxylic acids is 3. The second-order valence-electron chi connectivity index (χ2n) is 22.8. The standard InChI is InChI=1S/3C20H25ClN6O3/c3*1-10(2)15(8-28)24-20-25-17(16-18(26-20)27(9-22-16)11(3)4)23-12-5-6-13(19(29)30)14(21)7-12/h3*5-7,9-11,15,28H,8H2,1-4H3,(H,29,30)(H2,23,24,25,26)/t3*15-/m000/s1. The Labute approximate surface area is 533 Å². The molecule has 27 nitrogen and oxygen atoms in total. The summed E-state index contributed by atoms with van der Waals surface area (Å²) in [6, 6.07) is 13.5. The number of hydrogen-bond acceptors (Lipinski definition) is 21. The lowest BCUT2D eigenvalue weighted by molar-refractivity contribution is 0.0686. The first-order valence-electron chi connectivity index (χ1n) is 28.9. The van der Waals surface area contributed by atoms with Crippen LogP contribution in [0.3, 0.4) is 0 Å². The maximum atomic E-state index is 11.2. The average Bonchev–Trinajstić information content (AvgIpc) is 1.62. The van der Waals surface area contributed by atoms with E-state index in [1.165, 1.54) is 36.4 Å². The minimum absolute atomic E-state index is 0.0178. The number of imidazole rings is 3. The molecule has 0 amide bonds. The predicted octanol–water partition coefficient (Wildman–Crippen LogP) is 11.8. The molecular weight excluding hydrogens is 1220 g/mol. The Kier molecular flexibility index (Phi) is 23.1. The highest BCUT2D eigenvalue weighted by Crippen LogP contribution is 2.33. The predicted molar refractivity (Wildman–Crippen MR) is 350 cm³/mol. The molecule has 0 spiro atoms. The summed E-state index contributed by atoms with van der Waals surface area (Å²) in [5.41, 5.74) is 5.37. The topological polar surface area (TPSA) is 376 Å². The van der Waals surface area contributed by atoms with E-state index in [1.807, 2.05) is 96.8 Å². The Bertz CT molecular complexity index is 3600. The largest absolute Gasteiger partial charge is 0.478 e. The first-order chi connectivity index (χ1) is 42.6. The summed E-state index contributed by atoms with van der Waals surface area (Å²) in [5, 5.41) is 75.9. The quantitative estimate of drug-likeness (QED) is 0.0267. The number of benzene rings is 3. The summed E-state index contributed by atoms with van der Waals surface area (Å²) >= 11 is 18.3.